The predicted octanol–water partition coefficient (Wildman–Crippen LogP) is 1.81. The van der Waals surface area contributed by atoms with Crippen molar-refractivity contribution in [2.45, 2.75) is 47.3 Å². The van der Waals surface area contributed by atoms with Gasteiger partial charge in [-0.25, -0.2) is 4.98 Å². The van der Waals surface area contributed by atoms with Crippen LogP contribution in [0.4, 0.5) is 0 Å². The Morgan fingerprint density at radius 1 is 1.21 bits per heavy atom. The van der Waals surface area contributed by atoms with E-state index in [2.05, 4.69) is 45.4 Å². The minimum atomic E-state index is 0.885. The summed E-state index contributed by atoms with van der Waals surface area (Å²) in [5.41, 5.74) is 3.71. The Labute approximate surface area is 114 Å². The van der Waals surface area contributed by atoms with E-state index in [-0.39, 0.29) is 0 Å². The number of aryl methyl sites for hydroxylation is 4. The van der Waals surface area contributed by atoms with Crippen LogP contribution in [0.5, 0.6) is 0 Å². The third kappa shape index (κ3) is 3.04. The van der Waals surface area contributed by atoms with E-state index in [0.29, 0.717) is 0 Å². The summed E-state index contributed by atoms with van der Waals surface area (Å²) in [6.07, 6.45) is 3.85. The summed E-state index contributed by atoms with van der Waals surface area (Å²) in [4.78, 5) is 4.24. The Kier molecular flexibility index (Phi) is 4.37. The Morgan fingerprint density at radius 3 is 2.63 bits per heavy atom. The minimum Gasteiger partial charge on any atom is -0.333 e. The SMILES string of the molecule is CCNCc1c(C)nn(CCn2ccnc2C)c1C. The lowest BCUT2D eigenvalue weighted by molar-refractivity contribution is 0.514. The fourth-order valence-electron chi connectivity index (χ4n) is 2.30. The van der Waals surface area contributed by atoms with Gasteiger partial charge in [-0.3, -0.25) is 4.68 Å². The van der Waals surface area contributed by atoms with Crippen molar-refractivity contribution in [3.8, 4) is 0 Å². The standard InChI is InChI=1S/C14H23N5/c1-5-15-10-14-11(2)17-19(12(14)3)9-8-18-7-6-16-13(18)4/h6-7,15H,5,8-10H2,1-4H3. The third-order valence-corrected chi connectivity index (χ3v) is 3.56. The summed E-state index contributed by atoms with van der Waals surface area (Å²) in [7, 11) is 0. The highest BCUT2D eigenvalue weighted by atomic mass is 15.3. The molecule has 0 radical (unpaired) electrons. The van der Waals surface area contributed by atoms with E-state index in [4.69, 9.17) is 0 Å². The Balaban J connectivity index is 2.07. The highest BCUT2D eigenvalue weighted by Crippen LogP contribution is 2.13. The lowest BCUT2D eigenvalue weighted by atomic mass is 10.2. The maximum atomic E-state index is 4.64. The molecule has 0 saturated heterocycles. The molecule has 0 unspecified atom stereocenters. The van der Waals surface area contributed by atoms with E-state index >= 15 is 0 Å². The van der Waals surface area contributed by atoms with Gasteiger partial charge in [0, 0.05) is 36.7 Å². The fraction of sp³-hybridized carbons (Fsp3) is 0.571. The highest BCUT2D eigenvalue weighted by molar-refractivity contribution is 5.24. The first kappa shape index (κ1) is 13.8. The molecule has 19 heavy (non-hydrogen) atoms. The Morgan fingerprint density at radius 2 is 2.00 bits per heavy atom. The molecule has 0 spiro atoms. The lowest BCUT2D eigenvalue weighted by Crippen LogP contribution is -2.14. The van der Waals surface area contributed by atoms with Crippen molar-refractivity contribution in [1.82, 2.24) is 24.6 Å². The van der Waals surface area contributed by atoms with Crippen LogP contribution in [-0.2, 0) is 19.6 Å². The lowest BCUT2D eigenvalue weighted by Gasteiger charge is -2.08. The monoisotopic (exact) mass is 261 g/mol. The quantitative estimate of drug-likeness (QED) is 0.863. The average molecular weight is 261 g/mol. The summed E-state index contributed by atoms with van der Waals surface area (Å²) in [5.74, 6) is 1.05. The normalized spacial score (nSPS) is 11.2. The van der Waals surface area contributed by atoms with Crippen LogP contribution in [0.2, 0.25) is 0 Å². The van der Waals surface area contributed by atoms with Crippen molar-refractivity contribution in [2.24, 2.45) is 0 Å². The fourth-order valence-corrected chi connectivity index (χ4v) is 2.30. The number of imidazole rings is 1. The first-order valence-electron chi connectivity index (χ1n) is 6.84. The first-order valence-corrected chi connectivity index (χ1v) is 6.84. The Hall–Kier alpha value is -1.62. The third-order valence-electron chi connectivity index (χ3n) is 3.56. The van der Waals surface area contributed by atoms with E-state index in [1.165, 1.54) is 11.3 Å². The van der Waals surface area contributed by atoms with Crippen molar-refractivity contribution in [3.63, 3.8) is 0 Å². The van der Waals surface area contributed by atoms with E-state index in [1.807, 2.05) is 19.3 Å². The van der Waals surface area contributed by atoms with Crippen molar-refractivity contribution >= 4 is 0 Å². The molecule has 2 heterocycles. The molecular weight excluding hydrogens is 238 g/mol. The van der Waals surface area contributed by atoms with Gasteiger partial charge in [0.15, 0.2) is 0 Å². The molecule has 0 atom stereocenters. The maximum absolute atomic E-state index is 4.64. The van der Waals surface area contributed by atoms with Crippen molar-refractivity contribution < 1.29 is 0 Å². The molecule has 0 aliphatic rings. The van der Waals surface area contributed by atoms with Crippen molar-refractivity contribution in [3.05, 3.63) is 35.2 Å². The molecule has 2 aromatic heterocycles. The molecule has 104 valence electrons. The first-order chi connectivity index (χ1) is 9.13. The van der Waals surface area contributed by atoms with E-state index in [9.17, 15) is 0 Å². The number of hydrogen-bond donors (Lipinski definition) is 1. The van der Waals surface area contributed by atoms with E-state index < -0.39 is 0 Å². The zero-order chi connectivity index (χ0) is 13.8. The molecule has 2 rings (SSSR count). The summed E-state index contributed by atoms with van der Waals surface area (Å²) in [5, 5.41) is 8.00. The van der Waals surface area contributed by atoms with Gasteiger partial charge < -0.3 is 9.88 Å². The summed E-state index contributed by atoms with van der Waals surface area (Å²) in [6, 6.07) is 0. The van der Waals surface area contributed by atoms with Crippen LogP contribution in [-0.4, -0.2) is 25.9 Å². The van der Waals surface area contributed by atoms with E-state index in [1.54, 1.807) is 0 Å². The molecule has 5 nitrogen and oxygen atoms in total. The topological polar surface area (TPSA) is 47.7 Å². The van der Waals surface area contributed by atoms with Gasteiger partial charge in [-0.05, 0) is 27.3 Å². The molecule has 0 aromatic carbocycles. The van der Waals surface area contributed by atoms with Gasteiger partial charge in [0.1, 0.15) is 5.82 Å². The van der Waals surface area contributed by atoms with Gasteiger partial charge in [0.25, 0.3) is 0 Å². The van der Waals surface area contributed by atoms with E-state index in [0.717, 1.165) is 37.7 Å². The number of hydrogen-bond acceptors (Lipinski definition) is 3. The summed E-state index contributed by atoms with van der Waals surface area (Å²) >= 11 is 0. The number of rotatable bonds is 6. The highest BCUT2D eigenvalue weighted by Gasteiger charge is 2.10. The van der Waals surface area contributed by atoms with Crippen LogP contribution in [0.3, 0.4) is 0 Å². The second kappa shape index (κ2) is 6.02. The summed E-state index contributed by atoms with van der Waals surface area (Å²) < 4.78 is 4.25. The molecule has 0 bridgehead atoms. The molecular formula is C14H23N5. The van der Waals surface area contributed by atoms with Crippen molar-refractivity contribution in [2.75, 3.05) is 6.54 Å². The summed E-state index contributed by atoms with van der Waals surface area (Å²) in [6.45, 7) is 12.1. The number of nitrogens with one attached hydrogen (secondary N) is 1. The molecule has 0 aliphatic heterocycles. The van der Waals surface area contributed by atoms with Crippen LogP contribution in [0.1, 0.15) is 29.7 Å². The van der Waals surface area contributed by atoms with Gasteiger partial charge in [0.2, 0.25) is 0 Å². The molecule has 5 heteroatoms. The molecule has 0 amide bonds. The maximum Gasteiger partial charge on any atom is 0.105 e. The number of aromatic nitrogens is 4. The molecule has 0 fully saturated rings. The van der Waals surface area contributed by atoms with Crippen LogP contribution in [0.25, 0.3) is 0 Å². The second-order valence-corrected chi connectivity index (χ2v) is 4.82. The van der Waals surface area contributed by atoms with Gasteiger partial charge in [0.05, 0.1) is 12.2 Å². The van der Waals surface area contributed by atoms with Crippen LogP contribution >= 0.6 is 0 Å². The van der Waals surface area contributed by atoms with Crippen LogP contribution < -0.4 is 5.32 Å². The minimum absolute atomic E-state index is 0.885. The second-order valence-electron chi connectivity index (χ2n) is 4.82. The zero-order valence-electron chi connectivity index (χ0n) is 12.3. The van der Waals surface area contributed by atoms with Gasteiger partial charge in [-0.15, -0.1) is 0 Å². The smallest absolute Gasteiger partial charge is 0.105 e. The van der Waals surface area contributed by atoms with Gasteiger partial charge in [-0.1, -0.05) is 6.92 Å². The molecule has 0 saturated carbocycles. The van der Waals surface area contributed by atoms with Gasteiger partial charge >= 0.3 is 0 Å². The van der Waals surface area contributed by atoms with Gasteiger partial charge in [-0.2, -0.15) is 5.10 Å². The molecule has 1 N–H and O–H groups in total. The zero-order valence-corrected chi connectivity index (χ0v) is 12.3. The Bertz CT molecular complexity index is 538. The largest absolute Gasteiger partial charge is 0.333 e. The molecule has 2 aromatic rings. The molecule has 0 aliphatic carbocycles. The number of nitrogens with zero attached hydrogens (tertiary/aromatic N) is 4. The van der Waals surface area contributed by atoms with Crippen LogP contribution in [0, 0.1) is 20.8 Å². The predicted molar refractivity (Wildman–Crippen MR) is 76.0 cm³/mol. The average Bonchev–Trinajstić information content (AvgIpc) is 2.90. The van der Waals surface area contributed by atoms with Crippen molar-refractivity contribution in [1.29, 1.82) is 0 Å². The van der Waals surface area contributed by atoms with Crippen LogP contribution in [0.15, 0.2) is 12.4 Å².